The summed E-state index contributed by atoms with van der Waals surface area (Å²) in [5.74, 6) is 0.0605. The second-order valence-corrected chi connectivity index (χ2v) is 17.1. The summed E-state index contributed by atoms with van der Waals surface area (Å²) in [4.78, 5) is 27.6. The molecule has 0 heterocycles. The van der Waals surface area contributed by atoms with Crippen molar-refractivity contribution in [3.8, 4) is 0 Å². The van der Waals surface area contributed by atoms with Crippen LogP contribution in [0.15, 0.2) is 36.1 Å². The molecule has 204 valence electrons. The van der Waals surface area contributed by atoms with Crippen LogP contribution in [0.25, 0.3) is 0 Å². The van der Waals surface area contributed by atoms with Gasteiger partial charge in [0.1, 0.15) is 5.76 Å². The van der Waals surface area contributed by atoms with Gasteiger partial charge >= 0.3 is 0 Å². The van der Waals surface area contributed by atoms with E-state index in [0.29, 0.717) is 18.6 Å². The molecule has 2 aliphatic carbocycles. The molecule has 2 aliphatic rings. The predicted octanol–water partition coefficient (Wildman–Crippen LogP) is 8.20. The molecule has 0 aromatic heterocycles. The van der Waals surface area contributed by atoms with Gasteiger partial charge < -0.3 is 9.16 Å². The van der Waals surface area contributed by atoms with Gasteiger partial charge in [0.05, 0.1) is 24.0 Å². The number of hydrogen-bond acceptors (Lipinski definition) is 4. The first-order valence-electron chi connectivity index (χ1n) is 14.1. The summed E-state index contributed by atoms with van der Waals surface area (Å²) in [5.41, 5.74) is -0.196. The van der Waals surface area contributed by atoms with E-state index in [1.165, 1.54) is 5.57 Å². The molecule has 1 fully saturated rings. The van der Waals surface area contributed by atoms with Gasteiger partial charge in [0.25, 0.3) is 0 Å². The third-order valence-electron chi connectivity index (χ3n) is 9.40. The third-order valence-corrected chi connectivity index (χ3v) is 14.3. The van der Waals surface area contributed by atoms with Crippen LogP contribution in [-0.4, -0.2) is 32.6 Å². The summed E-state index contributed by atoms with van der Waals surface area (Å²) in [6.45, 7) is 21.5. The van der Waals surface area contributed by atoms with E-state index in [4.69, 9.17) is 9.16 Å². The number of allylic oxidation sites excluding steroid dienone is 5. The van der Waals surface area contributed by atoms with E-state index < -0.39 is 25.1 Å². The van der Waals surface area contributed by atoms with Gasteiger partial charge in [0.15, 0.2) is 19.9 Å². The highest BCUT2D eigenvalue weighted by atomic mass is 28.4. The monoisotopic (exact) mass is 516 g/mol. The standard InChI is InChI=1S/C31H52O4Si/c1-11-16-24-22-31(20-17-23(5)6)26(34-10)21-25(32)27(28(31)33)30(24,9)19-15-18-29(7,8)35-36(12-2,13-3)14-4/h11,17,21,24,27H,1,12-16,18-20,22H2,2-10H3. The summed E-state index contributed by atoms with van der Waals surface area (Å²) < 4.78 is 12.6. The van der Waals surface area contributed by atoms with E-state index in [1.54, 1.807) is 13.2 Å². The van der Waals surface area contributed by atoms with Gasteiger partial charge in [0, 0.05) is 6.08 Å². The molecule has 0 aromatic carbocycles. The van der Waals surface area contributed by atoms with Gasteiger partial charge in [-0.15, -0.1) is 6.58 Å². The second kappa shape index (κ2) is 11.9. The van der Waals surface area contributed by atoms with Crippen LogP contribution in [0, 0.1) is 22.7 Å². The molecule has 0 N–H and O–H groups in total. The molecular formula is C31H52O4Si. The van der Waals surface area contributed by atoms with Crippen LogP contribution in [0.1, 0.15) is 93.9 Å². The van der Waals surface area contributed by atoms with E-state index in [9.17, 15) is 9.59 Å². The number of ketones is 2. The number of fused-ring (bicyclic) bond motifs is 2. The first kappa shape index (κ1) is 30.8. The van der Waals surface area contributed by atoms with E-state index in [-0.39, 0.29) is 23.1 Å². The fourth-order valence-corrected chi connectivity index (χ4v) is 10.1. The lowest BCUT2D eigenvalue weighted by molar-refractivity contribution is -0.157. The Morgan fingerprint density at radius 1 is 1.19 bits per heavy atom. The first-order valence-corrected chi connectivity index (χ1v) is 16.6. The highest BCUT2D eigenvalue weighted by Gasteiger charge is 2.63. The maximum absolute atomic E-state index is 14.1. The van der Waals surface area contributed by atoms with Crippen LogP contribution >= 0.6 is 0 Å². The van der Waals surface area contributed by atoms with Crippen molar-refractivity contribution in [2.24, 2.45) is 22.7 Å². The lowest BCUT2D eigenvalue weighted by atomic mass is 9.47. The zero-order chi connectivity index (χ0) is 27.4. The molecule has 2 bridgehead atoms. The number of rotatable bonds is 14. The fraction of sp³-hybridized carbons (Fsp3) is 0.742. The van der Waals surface area contributed by atoms with Crippen LogP contribution in [-0.2, 0) is 18.8 Å². The summed E-state index contributed by atoms with van der Waals surface area (Å²) in [6.07, 6.45) is 10.5. The van der Waals surface area contributed by atoms with E-state index in [1.807, 2.05) is 19.9 Å². The summed E-state index contributed by atoms with van der Waals surface area (Å²) >= 11 is 0. The Morgan fingerprint density at radius 3 is 2.31 bits per heavy atom. The van der Waals surface area contributed by atoms with Crippen molar-refractivity contribution in [3.63, 3.8) is 0 Å². The van der Waals surface area contributed by atoms with Gasteiger partial charge in [-0.2, -0.15) is 0 Å². The van der Waals surface area contributed by atoms with Crippen molar-refractivity contribution in [2.45, 2.75) is 118 Å². The quantitative estimate of drug-likeness (QED) is 0.133. The van der Waals surface area contributed by atoms with Gasteiger partial charge in [-0.05, 0) is 89.3 Å². The second-order valence-electron chi connectivity index (χ2n) is 12.4. The Bertz CT molecular complexity index is 869. The summed E-state index contributed by atoms with van der Waals surface area (Å²) in [6, 6.07) is 3.40. The van der Waals surface area contributed by atoms with E-state index >= 15 is 0 Å². The number of ether oxygens (including phenoxy) is 1. The van der Waals surface area contributed by atoms with Crippen molar-refractivity contribution in [1.29, 1.82) is 0 Å². The number of Topliss-reactive ketones (excluding diaryl/α,β-unsaturated/α-hetero) is 1. The van der Waals surface area contributed by atoms with Crippen molar-refractivity contribution in [2.75, 3.05) is 7.11 Å². The molecule has 4 nitrogen and oxygen atoms in total. The first-order chi connectivity index (χ1) is 16.8. The topological polar surface area (TPSA) is 52.6 Å². The van der Waals surface area contributed by atoms with Crippen LogP contribution in [0.5, 0.6) is 0 Å². The van der Waals surface area contributed by atoms with Gasteiger partial charge in [0.2, 0.25) is 0 Å². The molecular weight excluding hydrogens is 464 g/mol. The number of carbonyl (C=O) groups excluding carboxylic acids is 2. The summed E-state index contributed by atoms with van der Waals surface area (Å²) in [5, 5.41) is 0. The van der Waals surface area contributed by atoms with E-state index in [2.05, 4.69) is 54.2 Å². The lowest BCUT2D eigenvalue weighted by Gasteiger charge is -2.55. The Balaban J connectivity index is 2.37. The zero-order valence-corrected chi connectivity index (χ0v) is 25.6. The smallest absolute Gasteiger partial charge is 0.192 e. The van der Waals surface area contributed by atoms with Gasteiger partial charge in [-0.1, -0.05) is 51.8 Å². The molecule has 4 unspecified atom stereocenters. The lowest BCUT2D eigenvalue weighted by Crippen LogP contribution is -2.59. The highest BCUT2D eigenvalue weighted by Crippen LogP contribution is 2.60. The average Bonchev–Trinajstić information content (AvgIpc) is 2.81. The van der Waals surface area contributed by atoms with Crippen molar-refractivity contribution >= 4 is 19.9 Å². The Labute approximate surface area is 222 Å². The maximum Gasteiger partial charge on any atom is 0.192 e. The molecule has 36 heavy (non-hydrogen) atoms. The molecule has 0 aromatic rings. The predicted molar refractivity (Wildman–Crippen MR) is 152 cm³/mol. The highest BCUT2D eigenvalue weighted by molar-refractivity contribution is 6.73. The third kappa shape index (κ3) is 5.98. The van der Waals surface area contributed by atoms with Crippen molar-refractivity contribution in [3.05, 3.63) is 36.1 Å². The van der Waals surface area contributed by atoms with Crippen LogP contribution < -0.4 is 0 Å². The van der Waals surface area contributed by atoms with Gasteiger partial charge in [-0.3, -0.25) is 9.59 Å². The minimum atomic E-state index is -1.72. The number of hydrogen-bond donors (Lipinski definition) is 0. The minimum Gasteiger partial charge on any atom is -0.500 e. The van der Waals surface area contributed by atoms with Crippen molar-refractivity contribution < 1.29 is 18.8 Å². The molecule has 0 amide bonds. The SMILES string of the molecule is C=CCC1CC2(CC=C(C)C)C(=O)C(C(=O)C=C2OC)C1(C)CCCC(C)(C)O[Si](CC)(CC)CC. The largest absolute Gasteiger partial charge is 0.500 e. The molecule has 5 heteroatoms. The molecule has 0 spiro atoms. The summed E-state index contributed by atoms with van der Waals surface area (Å²) in [7, 11) is -0.134. The minimum absolute atomic E-state index is 0.0528. The maximum atomic E-state index is 14.1. The normalized spacial score (nSPS) is 28.5. The Morgan fingerprint density at radius 2 is 1.81 bits per heavy atom. The molecule has 0 radical (unpaired) electrons. The van der Waals surface area contributed by atoms with Crippen LogP contribution in [0.2, 0.25) is 18.1 Å². The van der Waals surface area contributed by atoms with Crippen LogP contribution in [0.4, 0.5) is 0 Å². The average molecular weight is 517 g/mol. The molecule has 4 atom stereocenters. The molecule has 0 saturated heterocycles. The molecule has 1 saturated carbocycles. The Kier molecular flexibility index (Phi) is 10.2. The van der Waals surface area contributed by atoms with Gasteiger partial charge in [-0.25, -0.2) is 0 Å². The van der Waals surface area contributed by atoms with Crippen molar-refractivity contribution in [1.82, 2.24) is 0 Å². The molecule has 2 rings (SSSR count). The molecule has 0 aliphatic heterocycles. The van der Waals surface area contributed by atoms with E-state index in [0.717, 1.165) is 43.8 Å². The fourth-order valence-electron chi connectivity index (χ4n) is 6.91. The number of carbonyl (C=O) groups is 2. The Hall–Kier alpha value is -1.46. The number of methoxy groups -OCH3 is 1. The van der Waals surface area contributed by atoms with Crippen LogP contribution in [0.3, 0.4) is 0 Å². The zero-order valence-electron chi connectivity index (χ0n) is 24.6.